The van der Waals surface area contributed by atoms with E-state index in [1.54, 1.807) is 29.2 Å². The molecule has 1 atom stereocenters. The Balaban J connectivity index is 1.90. The van der Waals surface area contributed by atoms with Crippen LogP contribution in [0.2, 0.25) is 10.0 Å². The summed E-state index contributed by atoms with van der Waals surface area (Å²) in [7, 11) is 3.97. The molecule has 1 amide bonds. The van der Waals surface area contributed by atoms with Crippen molar-refractivity contribution >= 4 is 40.1 Å². The van der Waals surface area contributed by atoms with E-state index in [1.165, 1.54) is 0 Å². The van der Waals surface area contributed by atoms with E-state index in [0.29, 0.717) is 33.1 Å². The summed E-state index contributed by atoms with van der Waals surface area (Å²) in [6.45, 7) is 3.16. The summed E-state index contributed by atoms with van der Waals surface area (Å²) in [6, 6.07) is 10.0. The largest absolute Gasteiger partial charge is 0.450 e. The summed E-state index contributed by atoms with van der Waals surface area (Å²) in [5, 5.41) is 1.46. The molecule has 0 saturated carbocycles. The van der Waals surface area contributed by atoms with E-state index in [0.717, 1.165) is 24.1 Å². The van der Waals surface area contributed by atoms with Crippen molar-refractivity contribution in [2.75, 3.05) is 27.2 Å². The molecule has 5 nitrogen and oxygen atoms in total. The molecule has 4 rings (SSSR count). The molecule has 0 bridgehead atoms. The highest BCUT2D eigenvalue weighted by molar-refractivity contribution is 6.32. The summed E-state index contributed by atoms with van der Waals surface area (Å²) < 4.78 is 5.98. The molecule has 1 aromatic heterocycles. The first kappa shape index (κ1) is 20.9. The van der Waals surface area contributed by atoms with Crippen LogP contribution in [0.1, 0.15) is 39.7 Å². The van der Waals surface area contributed by atoms with Gasteiger partial charge in [0, 0.05) is 16.6 Å². The molecule has 0 saturated heterocycles. The molecule has 2 aromatic carbocycles. The van der Waals surface area contributed by atoms with Crippen LogP contribution in [0.3, 0.4) is 0 Å². The van der Waals surface area contributed by atoms with Gasteiger partial charge in [-0.25, -0.2) is 0 Å². The molecular formula is C23H22Cl2N2O3. The molecule has 156 valence electrons. The summed E-state index contributed by atoms with van der Waals surface area (Å²) in [6.07, 6.45) is 0.773. The van der Waals surface area contributed by atoms with Gasteiger partial charge in [-0.15, -0.1) is 0 Å². The Hall–Kier alpha value is -2.34. The molecule has 0 fully saturated rings. The molecule has 3 aromatic rings. The van der Waals surface area contributed by atoms with E-state index in [-0.39, 0.29) is 17.1 Å². The second-order valence-electron chi connectivity index (χ2n) is 7.88. The summed E-state index contributed by atoms with van der Waals surface area (Å²) in [5.41, 5.74) is 2.12. The number of benzene rings is 2. The van der Waals surface area contributed by atoms with E-state index in [9.17, 15) is 9.59 Å². The molecule has 0 unspecified atom stereocenters. The maximum Gasteiger partial charge on any atom is 0.290 e. The van der Waals surface area contributed by atoms with Crippen LogP contribution in [0.4, 0.5) is 0 Å². The number of hydrogen-bond donors (Lipinski definition) is 0. The van der Waals surface area contributed by atoms with Crippen LogP contribution < -0.4 is 5.43 Å². The van der Waals surface area contributed by atoms with Crippen LogP contribution in [-0.2, 0) is 0 Å². The predicted molar refractivity (Wildman–Crippen MR) is 120 cm³/mol. The predicted octanol–water partition coefficient (Wildman–Crippen LogP) is 4.91. The van der Waals surface area contributed by atoms with E-state index in [2.05, 4.69) is 4.90 Å². The smallest absolute Gasteiger partial charge is 0.290 e. The molecule has 0 radical (unpaired) electrons. The lowest BCUT2D eigenvalue weighted by Crippen LogP contribution is -2.32. The molecular weight excluding hydrogens is 423 g/mol. The van der Waals surface area contributed by atoms with Gasteiger partial charge < -0.3 is 14.2 Å². The number of carbonyl (C=O) groups excluding carboxylic acids is 1. The Morgan fingerprint density at radius 2 is 1.80 bits per heavy atom. The first-order chi connectivity index (χ1) is 14.3. The van der Waals surface area contributed by atoms with Crippen molar-refractivity contribution in [2.24, 2.45) is 0 Å². The second kappa shape index (κ2) is 8.06. The minimum absolute atomic E-state index is 0.110. The van der Waals surface area contributed by atoms with E-state index < -0.39 is 6.04 Å². The highest BCUT2D eigenvalue weighted by Crippen LogP contribution is 2.39. The van der Waals surface area contributed by atoms with Gasteiger partial charge in [-0.1, -0.05) is 35.3 Å². The van der Waals surface area contributed by atoms with Gasteiger partial charge in [0.2, 0.25) is 5.76 Å². The highest BCUT2D eigenvalue weighted by atomic mass is 35.5. The fourth-order valence-corrected chi connectivity index (χ4v) is 4.21. The van der Waals surface area contributed by atoms with Crippen LogP contribution in [-0.4, -0.2) is 42.9 Å². The highest BCUT2D eigenvalue weighted by Gasteiger charge is 2.42. The van der Waals surface area contributed by atoms with E-state index in [1.807, 2.05) is 33.2 Å². The maximum absolute atomic E-state index is 13.5. The topological polar surface area (TPSA) is 53.8 Å². The number of amides is 1. The third-order valence-electron chi connectivity index (χ3n) is 5.44. The first-order valence-corrected chi connectivity index (χ1v) is 10.5. The van der Waals surface area contributed by atoms with Gasteiger partial charge in [-0.05, 0) is 69.4 Å². The Kier molecular flexibility index (Phi) is 5.62. The minimum atomic E-state index is -0.521. The Labute approximate surface area is 184 Å². The average molecular weight is 445 g/mol. The quantitative estimate of drug-likeness (QED) is 0.561. The normalized spacial score (nSPS) is 16.0. The number of halogens is 2. The maximum atomic E-state index is 13.5. The van der Waals surface area contributed by atoms with Crippen LogP contribution >= 0.6 is 23.2 Å². The first-order valence-electron chi connectivity index (χ1n) is 9.76. The molecule has 1 aliphatic heterocycles. The van der Waals surface area contributed by atoms with Crippen molar-refractivity contribution in [3.63, 3.8) is 0 Å². The van der Waals surface area contributed by atoms with Gasteiger partial charge in [-0.2, -0.15) is 0 Å². The van der Waals surface area contributed by atoms with E-state index >= 15 is 0 Å². The number of hydrogen-bond acceptors (Lipinski definition) is 4. The molecule has 0 spiro atoms. The van der Waals surface area contributed by atoms with Crippen LogP contribution in [0.25, 0.3) is 11.0 Å². The van der Waals surface area contributed by atoms with Crippen molar-refractivity contribution in [2.45, 2.75) is 19.4 Å². The SMILES string of the molecule is Cc1cc2oc3c(c(=O)c2cc1Cl)[C@H](c1ccc(Cl)cc1)N(CCCN(C)C)C3=O. The number of aryl methyl sites for hydroxylation is 1. The van der Waals surface area contributed by atoms with Gasteiger partial charge in [0.05, 0.1) is 17.0 Å². The molecule has 0 aliphatic carbocycles. The van der Waals surface area contributed by atoms with Gasteiger partial charge >= 0.3 is 0 Å². The van der Waals surface area contributed by atoms with Crippen molar-refractivity contribution in [3.05, 3.63) is 79.1 Å². The summed E-state index contributed by atoms with van der Waals surface area (Å²) >= 11 is 12.3. The van der Waals surface area contributed by atoms with Crippen molar-refractivity contribution in [1.82, 2.24) is 9.80 Å². The molecule has 30 heavy (non-hydrogen) atoms. The third kappa shape index (κ3) is 3.62. The van der Waals surface area contributed by atoms with Crippen LogP contribution in [0.15, 0.2) is 45.6 Å². The van der Waals surface area contributed by atoms with E-state index in [4.69, 9.17) is 27.6 Å². The van der Waals surface area contributed by atoms with Gasteiger partial charge in [-0.3, -0.25) is 9.59 Å². The number of rotatable bonds is 5. The fraction of sp³-hybridized carbons (Fsp3) is 0.304. The van der Waals surface area contributed by atoms with Crippen LogP contribution in [0.5, 0.6) is 0 Å². The zero-order valence-corrected chi connectivity index (χ0v) is 18.5. The minimum Gasteiger partial charge on any atom is -0.450 e. The second-order valence-corrected chi connectivity index (χ2v) is 8.72. The lowest BCUT2D eigenvalue weighted by molar-refractivity contribution is 0.0722. The molecule has 0 N–H and O–H groups in total. The Morgan fingerprint density at radius 3 is 2.47 bits per heavy atom. The zero-order valence-electron chi connectivity index (χ0n) is 17.0. The summed E-state index contributed by atoms with van der Waals surface area (Å²) in [4.78, 5) is 30.6. The molecule has 7 heteroatoms. The molecule has 1 aliphatic rings. The standard InChI is InChI=1S/C23H22Cl2N2O3/c1-13-11-18-16(12-17(13)25)21(28)19-20(14-5-7-15(24)8-6-14)27(10-4-9-26(2)3)23(29)22(19)30-18/h5-8,11-12,20H,4,9-10H2,1-3H3/t20-/m0/s1. The number of nitrogens with zero attached hydrogens (tertiary/aromatic N) is 2. The van der Waals surface area contributed by atoms with Gasteiger partial charge in [0.1, 0.15) is 5.58 Å². The Morgan fingerprint density at radius 1 is 1.10 bits per heavy atom. The van der Waals surface area contributed by atoms with Crippen molar-refractivity contribution in [3.8, 4) is 0 Å². The van der Waals surface area contributed by atoms with Crippen molar-refractivity contribution in [1.29, 1.82) is 0 Å². The lowest BCUT2D eigenvalue weighted by atomic mass is 9.98. The van der Waals surface area contributed by atoms with Crippen LogP contribution in [0, 0.1) is 6.92 Å². The number of carbonyl (C=O) groups is 1. The molecule has 2 heterocycles. The zero-order chi connectivity index (χ0) is 21.6. The van der Waals surface area contributed by atoms with Gasteiger partial charge in [0.15, 0.2) is 5.43 Å². The average Bonchev–Trinajstić information content (AvgIpc) is 2.97. The number of fused-ring (bicyclic) bond motifs is 2. The van der Waals surface area contributed by atoms with Crippen molar-refractivity contribution < 1.29 is 9.21 Å². The summed E-state index contributed by atoms with van der Waals surface area (Å²) in [5.74, 6) is -0.158. The monoisotopic (exact) mass is 444 g/mol. The lowest BCUT2D eigenvalue weighted by Gasteiger charge is -2.25. The third-order valence-corrected chi connectivity index (χ3v) is 6.10. The Bertz CT molecular complexity index is 1190. The van der Waals surface area contributed by atoms with Gasteiger partial charge in [0.25, 0.3) is 5.91 Å². The fourth-order valence-electron chi connectivity index (χ4n) is 3.92.